The number of pyridine rings is 2. The highest BCUT2D eigenvalue weighted by Crippen LogP contribution is 2.29. The van der Waals surface area contributed by atoms with E-state index in [1.807, 2.05) is 35.2 Å². The van der Waals surface area contributed by atoms with Crippen molar-refractivity contribution < 1.29 is 18.0 Å². The number of aromatic nitrogens is 2. The number of carbonyl (C=O) groups is 1. The van der Waals surface area contributed by atoms with Crippen LogP contribution in [0, 0.1) is 11.8 Å². The van der Waals surface area contributed by atoms with E-state index in [1.165, 1.54) is 6.07 Å². The van der Waals surface area contributed by atoms with E-state index in [0.717, 1.165) is 17.8 Å². The molecule has 1 aliphatic heterocycles. The highest BCUT2D eigenvalue weighted by molar-refractivity contribution is 5.94. The van der Waals surface area contributed by atoms with Gasteiger partial charge in [0.15, 0.2) is 0 Å². The van der Waals surface area contributed by atoms with Crippen molar-refractivity contribution in [1.29, 1.82) is 0 Å². The van der Waals surface area contributed by atoms with E-state index in [2.05, 4.69) is 21.8 Å². The van der Waals surface area contributed by atoms with Crippen LogP contribution in [-0.4, -0.2) is 47.0 Å². The van der Waals surface area contributed by atoms with Crippen molar-refractivity contribution in [1.82, 2.24) is 14.9 Å². The van der Waals surface area contributed by atoms with E-state index in [9.17, 15) is 18.0 Å². The van der Waals surface area contributed by atoms with Gasteiger partial charge in [0.1, 0.15) is 11.5 Å². The van der Waals surface area contributed by atoms with Gasteiger partial charge in [0.2, 0.25) is 0 Å². The molecule has 0 aliphatic carbocycles. The Labute approximate surface area is 183 Å². The second-order valence-electron chi connectivity index (χ2n) is 7.23. The number of hydrogen-bond donors (Lipinski definition) is 0. The lowest BCUT2D eigenvalue weighted by molar-refractivity contribution is -0.137. The molecular formula is C24H19F3N4O. The zero-order valence-corrected chi connectivity index (χ0v) is 17.0. The molecule has 1 amide bonds. The third-order valence-corrected chi connectivity index (χ3v) is 5.08. The van der Waals surface area contributed by atoms with Crippen molar-refractivity contribution in [3.8, 4) is 11.8 Å². The molecule has 5 nitrogen and oxygen atoms in total. The van der Waals surface area contributed by atoms with Gasteiger partial charge in [-0.1, -0.05) is 24.1 Å². The van der Waals surface area contributed by atoms with Gasteiger partial charge in [0, 0.05) is 49.7 Å². The molecule has 8 heteroatoms. The van der Waals surface area contributed by atoms with Crippen molar-refractivity contribution in [2.75, 3.05) is 31.1 Å². The molecule has 0 spiro atoms. The van der Waals surface area contributed by atoms with E-state index in [-0.39, 0.29) is 5.91 Å². The average Bonchev–Trinajstić information content (AvgIpc) is 2.83. The smallest absolute Gasteiger partial charge is 0.353 e. The van der Waals surface area contributed by atoms with Crippen LogP contribution in [0.3, 0.4) is 0 Å². The number of nitrogens with zero attached hydrogens (tertiary/aromatic N) is 4. The monoisotopic (exact) mass is 436 g/mol. The van der Waals surface area contributed by atoms with Crippen LogP contribution < -0.4 is 4.90 Å². The lowest BCUT2D eigenvalue weighted by Crippen LogP contribution is -2.49. The number of anilines is 1. The molecule has 1 saturated heterocycles. The summed E-state index contributed by atoms with van der Waals surface area (Å²) < 4.78 is 38.1. The van der Waals surface area contributed by atoms with Gasteiger partial charge in [-0.3, -0.25) is 4.79 Å². The Morgan fingerprint density at radius 2 is 1.66 bits per heavy atom. The van der Waals surface area contributed by atoms with Gasteiger partial charge >= 0.3 is 6.18 Å². The fourth-order valence-electron chi connectivity index (χ4n) is 3.35. The number of carbonyl (C=O) groups excluding carboxylic acids is 1. The summed E-state index contributed by atoms with van der Waals surface area (Å²) in [6, 6.07) is 15.2. The average molecular weight is 436 g/mol. The van der Waals surface area contributed by atoms with E-state index >= 15 is 0 Å². The predicted octanol–water partition coefficient (Wildman–Crippen LogP) is 3.86. The Kier molecular flexibility index (Phi) is 6.08. The SMILES string of the molecule is O=C(c1ccnc(C#Cc2ccccc2)c1)N1CCN(c2ccc(C(F)(F)F)cn2)CC1. The van der Waals surface area contributed by atoms with E-state index < -0.39 is 11.7 Å². The molecule has 0 unspecified atom stereocenters. The Balaban J connectivity index is 1.39. The van der Waals surface area contributed by atoms with Crippen molar-refractivity contribution in [2.45, 2.75) is 6.18 Å². The predicted molar refractivity (Wildman–Crippen MR) is 114 cm³/mol. The summed E-state index contributed by atoms with van der Waals surface area (Å²) in [6.45, 7) is 1.84. The zero-order chi connectivity index (χ0) is 22.6. The van der Waals surface area contributed by atoms with Crippen LogP contribution in [0.4, 0.5) is 19.0 Å². The molecule has 0 bridgehead atoms. The van der Waals surface area contributed by atoms with Crippen LogP contribution in [0.5, 0.6) is 0 Å². The maximum absolute atomic E-state index is 12.9. The second-order valence-corrected chi connectivity index (χ2v) is 7.23. The molecule has 2 aromatic heterocycles. The lowest BCUT2D eigenvalue weighted by atomic mass is 10.1. The first kappa shape index (κ1) is 21.4. The number of rotatable bonds is 2. The summed E-state index contributed by atoms with van der Waals surface area (Å²) in [5.74, 6) is 6.33. The van der Waals surface area contributed by atoms with Gasteiger partial charge in [-0.2, -0.15) is 13.2 Å². The highest BCUT2D eigenvalue weighted by atomic mass is 19.4. The van der Waals surface area contributed by atoms with Crippen molar-refractivity contribution in [3.63, 3.8) is 0 Å². The first-order chi connectivity index (χ1) is 15.4. The fourth-order valence-corrected chi connectivity index (χ4v) is 3.35. The molecule has 0 N–H and O–H groups in total. The topological polar surface area (TPSA) is 49.3 Å². The molecule has 1 aliphatic rings. The largest absolute Gasteiger partial charge is 0.417 e. The summed E-state index contributed by atoms with van der Waals surface area (Å²) in [6.07, 6.45) is -2.02. The maximum atomic E-state index is 12.9. The van der Waals surface area contributed by atoms with Crippen LogP contribution in [0.25, 0.3) is 0 Å². The van der Waals surface area contributed by atoms with E-state index in [0.29, 0.717) is 43.3 Å². The Morgan fingerprint density at radius 3 is 2.31 bits per heavy atom. The van der Waals surface area contributed by atoms with Crippen LogP contribution in [-0.2, 0) is 6.18 Å². The summed E-state index contributed by atoms with van der Waals surface area (Å²) >= 11 is 0. The van der Waals surface area contributed by atoms with E-state index in [1.54, 1.807) is 23.2 Å². The molecule has 1 aromatic carbocycles. The van der Waals surface area contributed by atoms with Crippen LogP contribution in [0.2, 0.25) is 0 Å². The summed E-state index contributed by atoms with van der Waals surface area (Å²) in [5, 5.41) is 0. The summed E-state index contributed by atoms with van der Waals surface area (Å²) in [7, 11) is 0. The van der Waals surface area contributed by atoms with Crippen molar-refractivity contribution in [2.24, 2.45) is 0 Å². The van der Waals surface area contributed by atoms with Gasteiger partial charge in [-0.05, 0) is 42.3 Å². The number of amides is 1. The normalized spacial score (nSPS) is 14.0. The van der Waals surface area contributed by atoms with Gasteiger partial charge in [-0.15, -0.1) is 0 Å². The van der Waals surface area contributed by atoms with E-state index in [4.69, 9.17) is 0 Å². The zero-order valence-electron chi connectivity index (χ0n) is 17.0. The van der Waals surface area contributed by atoms with Crippen molar-refractivity contribution in [3.05, 3.63) is 89.4 Å². The van der Waals surface area contributed by atoms with Gasteiger partial charge in [-0.25, -0.2) is 9.97 Å². The second kappa shape index (κ2) is 9.10. The summed E-state index contributed by atoms with van der Waals surface area (Å²) in [4.78, 5) is 24.6. The molecule has 0 radical (unpaired) electrons. The number of benzene rings is 1. The Hall–Kier alpha value is -3.86. The Bertz CT molecular complexity index is 1140. The quantitative estimate of drug-likeness (QED) is 0.573. The van der Waals surface area contributed by atoms with Crippen LogP contribution in [0.1, 0.15) is 27.2 Å². The first-order valence-corrected chi connectivity index (χ1v) is 10.0. The molecule has 0 saturated carbocycles. The molecule has 162 valence electrons. The molecule has 3 heterocycles. The molecule has 4 rings (SSSR count). The third kappa shape index (κ3) is 5.06. The number of alkyl halides is 3. The van der Waals surface area contributed by atoms with Crippen molar-refractivity contribution >= 4 is 11.7 Å². The highest BCUT2D eigenvalue weighted by Gasteiger charge is 2.31. The third-order valence-electron chi connectivity index (χ3n) is 5.08. The summed E-state index contributed by atoms with van der Waals surface area (Å²) in [5.41, 5.74) is 1.09. The number of piperazine rings is 1. The number of hydrogen-bond acceptors (Lipinski definition) is 4. The minimum absolute atomic E-state index is 0.129. The molecule has 1 fully saturated rings. The standard InChI is InChI=1S/C24H19F3N4O/c25-24(26,27)20-7-9-22(29-17-20)30-12-14-31(15-13-30)23(32)19-10-11-28-21(16-19)8-6-18-4-2-1-3-5-18/h1-5,7,9-11,16-17H,12-15H2. The molecule has 3 aromatic rings. The molecule has 0 atom stereocenters. The first-order valence-electron chi connectivity index (χ1n) is 10.0. The minimum Gasteiger partial charge on any atom is -0.353 e. The Morgan fingerprint density at radius 1 is 0.906 bits per heavy atom. The minimum atomic E-state index is -4.41. The molecular weight excluding hydrogens is 417 g/mol. The van der Waals surface area contributed by atoms with Gasteiger partial charge in [0.25, 0.3) is 5.91 Å². The molecule has 32 heavy (non-hydrogen) atoms. The lowest BCUT2D eigenvalue weighted by Gasteiger charge is -2.35. The van der Waals surface area contributed by atoms with Gasteiger partial charge in [0.05, 0.1) is 5.56 Å². The fraction of sp³-hybridized carbons (Fsp3) is 0.208. The maximum Gasteiger partial charge on any atom is 0.417 e. The number of halogens is 3. The van der Waals surface area contributed by atoms with Crippen LogP contribution in [0.15, 0.2) is 67.0 Å². The van der Waals surface area contributed by atoms with Gasteiger partial charge < -0.3 is 9.80 Å². The van der Waals surface area contributed by atoms with Crippen LogP contribution >= 0.6 is 0 Å².